The summed E-state index contributed by atoms with van der Waals surface area (Å²) in [6.45, 7) is 6.70. The first-order valence-corrected chi connectivity index (χ1v) is 11.1. The van der Waals surface area contributed by atoms with Crippen LogP contribution in [0.3, 0.4) is 0 Å². The predicted molar refractivity (Wildman–Crippen MR) is 113 cm³/mol. The van der Waals surface area contributed by atoms with Crippen molar-refractivity contribution >= 4 is 39.1 Å². The van der Waals surface area contributed by atoms with Gasteiger partial charge in [-0.3, -0.25) is 4.79 Å². The first kappa shape index (κ1) is 17.9. The van der Waals surface area contributed by atoms with Crippen LogP contribution in [0, 0.1) is 6.92 Å². The van der Waals surface area contributed by atoms with Crippen molar-refractivity contribution in [3.63, 3.8) is 0 Å². The third-order valence-corrected chi connectivity index (χ3v) is 6.97. The van der Waals surface area contributed by atoms with Crippen LogP contribution in [0.5, 0.6) is 0 Å². The number of thioether (sulfide) groups is 1. The summed E-state index contributed by atoms with van der Waals surface area (Å²) in [5, 5.41) is 10.3. The minimum Gasteiger partial charge on any atom is -0.370 e. The van der Waals surface area contributed by atoms with Gasteiger partial charge in [-0.15, -0.1) is 21.5 Å². The summed E-state index contributed by atoms with van der Waals surface area (Å²) < 4.78 is 9.70. The summed E-state index contributed by atoms with van der Waals surface area (Å²) in [6.07, 6.45) is 2.69. The van der Waals surface area contributed by atoms with Gasteiger partial charge in [0, 0.05) is 11.3 Å². The normalized spacial score (nSPS) is 16.0. The summed E-state index contributed by atoms with van der Waals surface area (Å²) >= 11 is 3.14. The molecule has 0 saturated carbocycles. The zero-order chi connectivity index (χ0) is 19.6. The van der Waals surface area contributed by atoms with Crippen molar-refractivity contribution in [1.29, 1.82) is 0 Å². The second kappa shape index (κ2) is 6.17. The summed E-state index contributed by atoms with van der Waals surface area (Å²) in [5.74, 6) is 0.547. The largest absolute Gasteiger partial charge is 0.370 e. The van der Waals surface area contributed by atoms with E-state index in [9.17, 15) is 4.79 Å². The molecule has 0 unspecified atom stereocenters. The number of fused-ring (bicyclic) bond motifs is 5. The van der Waals surface area contributed by atoms with Crippen LogP contribution in [0.25, 0.3) is 21.7 Å². The lowest BCUT2D eigenvalue weighted by Gasteiger charge is -2.29. The average molecular weight is 413 g/mol. The Balaban J connectivity index is 1.96. The Bertz CT molecular complexity index is 1300. The fraction of sp³-hybridized carbons (Fsp3) is 0.350. The maximum atomic E-state index is 13.7. The van der Waals surface area contributed by atoms with Crippen molar-refractivity contribution < 1.29 is 4.74 Å². The monoisotopic (exact) mass is 412 g/mol. The van der Waals surface area contributed by atoms with Gasteiger partial charge >= 0.3 is 0 Å². The molecule has 1 aromatic carbocycles. The van der Waals surface area contributed by atoms with Crippen LogP contribution in [0.4, 0.5) is 0 Å². The topological polar surface area (TPSA) is 61.4 Å². The predicted octanol–water partition coefficient (Wildman–Crippen LogP) is 3.98. The van der Waals surface area contributed by atoms with Gasteiger partial charge in [0.15, 0.2) is 5.16 Å². The number of aryl methyl sites for hydroxylation is 1. The zero-order valence-corrected chi connectivity index (χ0v) is 17.8. The van der Waals surface area contributed by atoms with Gasteiger partial charge in [0.2, 0.25) is 5.78 Å². The Hall–Kier alpha value is -2.16. The lowest BCUT2D eigenvalue weighted by molar-refractivity contribution is -0.0379. The van der Waals surface area contributed by atoms with Gasteiger partial charge in [-0.05, 0) is 50.3 Å². The number of hydrogen-bond donors (Lipinski definition) is 0. The fourth-order valence-electron chi connectivity index (χ4n) is 3.84. The molecule has 3 aromatic heterocycles. The minimum atomic E-state index is -0.286. The van der Waals surface area contributed by atoms with Crippen molar-refractivity contribution in [2.45, 2.75) is 44.6 Å². The number of hydrogen-bond acceptors (Lipinski definition) is 6. The zero-order valence-electron chi connectivity index (χ0n) is 16.1. The summed E-state index contributed by atoms with van der Waals surface area (Å²) in [5.41, 5.74) is 2.68. The molecule has 0 radical (unpaired) electrons. The second-order valence-electron chi connectivity index (χ2n) is 7.71. The van der Waals surface area contributed by atoms with Crippen LogP contribution < -0.4 is 5.56 Å². The van der Waals surface area contributed by atoms with E-state index in [1.807, 2.05) is 41.8 Å². The lowest BCUT2D eigenvalue weighted by atomic mass is 9.94. The molecule has 0 atom stereocenters. The Morgan fingerprint density at radius 3 is 2.86 bits per heavy atom. The van der Waals surface area contributed by atoms with Gasteiger partial charge < -0.3 is 4.74 Å². The molecule has 0 aliphatic carbocycles. The minimum absolute atomic E-state index is 0.0386. The standard InChI is InChI=1S/C20H20N4O2S2/c1-11-6-5-7-12(8-11)23-16(25)15-13-9-20(2,3)26-10-14(13)28-17(15)24-18(23)21-22-19(24)27-4/h5-8H,9-10H2,1-4H3. The molecule has 4 heterocycles. The quantitative estimate of drug-likeness (QED) is 0.466. The molecule has 144 valence electrons. The van der Waals surface area contributed by atoms with Crippen LogP contribution in [0.2, 0.25) is 0 Å². The molecule has 5 rings (SSSR count). The van der Waals surface area contributed by atoms with E-state index in [2.05, 4.69) is 24.0 Å². The Kier molecular flexibility index (Phi) is 3.94. The third kappa shape index (κ3) is 2.55. The number of nitrogens with zero attached hydrogens (tertiary/aromatic N) is 4. The molecule has 0 spiro atoms. The Morgan fingerprint density at radius 1 is 1.29 bits per heavy atom. The second-order valence-corrected chi connectivity index (χ2v) is 9.57. The van der Waals surface area contributed by atoms with Crippen LogP contribution >= 0.6 is 23.1 Å². The van der Waals surface area contributed by atoms with Gasteiger partial charge in [-0.1, -0.05) is 23.9 Å². The van der Waals surface area contributed by atoms with Crippen molar-refractivity contribution in [2.24, 2.45) is 0 Å². The lowest BCUT2D eigenvalue weighted by Crippen LogP contribution is -2.32. The van der Waals surface area contributed by atoms with E-state index in [0.29, 0.717) is 18.8 Å². The number of rotatable bonds is 2. The fourth-order valence-corrected chi connectivity index (χ4v) is 5.59. The Labute approximate surface area is 170 Å². The molecule has 0 fully saturated rings. The van der Waals surface area contributed by atoms with E-state index in [0.717, 1.165) is 37.1 Å². The third-order valence-electron chi connectivity index (χ3n) is 5.15. The van der Waals surface area contributed by atoms with E-state index < -0.39 is 0 Å². The van der Waals surface area contributed by atoms with Crippen molar-refractivity contribution in [2.75, 3.05) is 6.26 Å². The number of benzene rings is 1. The number of ether oxygens (including phenoxy) is 1. The smallest absolute Gasteiger partial charge is 0.268 e. The van der Waals surface area contributed by atoms with E-state index in [-0.39, 0.29) is 11.2 Å². The van der Waals surface area contributed by atoms with Crippen LogP contribution in [-0.2, 0) is 17.8 Å². The van der Waals surface area contributed by atoms with Crippen LogP contribution in [0.1, 0.15) is 29.9 Å². The molecule has 6 nitrogen and oxygen atoms in total. The summed E-state index contributed by atoms with van der Waals surface area (Å²) in [4.78, 5) is 15.8. The molecule has 1 aliphatic rings. The number of thiophene rings is 1. The maximum absolute atomic E-state index is 13.7. The Morgan fingerprint density at radius 2 is 2.11 bits per heavy atom. The molecule has 0 bridgehead atoms. The average Bonchev–Trinajstić information content (AvgIpc) is 3.22. The highest BCUT2D eigenvalue weighted by molar-refractivity contribution is 7.98. The molecular formula is C20H20N4O2S2. The van der Waals surface area contributed by atoms with E-state index >= 15 is 0 Å². The molecule has 0 saturated heterocycles. The van der Waals surface area contributed by atoms with Crippen molar-refractivity contribution in [3.8, 4) is 5.69 Å². The first-order chi connectivity index (χ1) is 13.4. The molecule has 28 heavy (non-hydrogen) atoms. The van der Waals surface area contributed by atoms with Crippen molar-refractivity contribution in [3.05, 3.63) is 50.6 Å². The molecule has 0 N–H and O–H groups in total. The molecule has 1 aliphatic heterocycles. The first-order valence-electron chi connectivity index (χ1n) is 9.09. The maximum Gasteiger partial charge on any atom is 0.268 e. The van der Waals surface area contributed by atoms with Gasteiger partial charge in [-0.2, -0.15) is 0 Å². The molecule has 4 aromatic rings. The SMILES string of the molecule is CSc1nnc2n(-c3cccc(C)c3)c(=O)c3c4c(sc3n12)COC(C)(C)C4. The van der Waals surface area contributed by atoms with E-state index in [4.69, 9.17) is 4.74 Å². The molecule has 0 amide bonds. The van der Waals surface area contributed by atoms with Gasteiger partial charge in [0.25, 0.3) is 5.56 Å². The van der Waals surface area contributed by atoms with Crippen LogP contribution in [0.15, 0.2) is 34.2 Å². The number of aromatic nitrogens is 4. The molecule has 8 heteroatoms. The highest BCUT2D eigenvalue weighted by atomic mass is 32.2. The molecular weight excluding hydrogens is 392 g/mol. The highest BCUT2D eigenvalue weighted by Crippen LogP contribution is 2.38. The summed E-state index contributed by atoms with van der Waals surface area (Å²) in [6, 6.07) is 7.93. The van der Waals surface area contributed by atoms with Crippen molar-refractivity contribution in [1.82, 2.24) is 19.2 Å². The van der Waals surface area contributed by atoms with E-state index in [1.165, 1.54) is 11.8 Å². The summed E-state index contributed by atoms with van der Waals surface area (Å²) in [7, 11) is 0. The van der Waals surface area contributed by atoms with Gasteiger partial charge in [0.1, 0.15) is 4.83 Å². The van der Waals surface area contributed by atoms with Gasteiger partial charge in [-0.25, -0.2) is 8.97 Å². The van der Waals surface area contributed by atoms with Crippen LogP contribution in [-0.4, -0.2) is 31.0 Å². The van der Waals surface area contributed by atoms with Gasteiger partial charge in [0.05, 0.1) is 23.3 Å². The van der Waals surface area contributed by atoms with E-state index in [1.54, 1.807) is 15.9 Å². The highest BCUT2D eigenvalue weighted by Gasteiger charge is 2.32.